The normalized spacial score (nSPS) is 11.8. The van der Waals surface area contributed by atoms with Crippen molar-refractivity contribution in [2.24, 2.45) is 0 Å². The zero-order valence-electron chi connectivity index (χ0n) is 15.8. The van der Waals surface area contributed by atoms with Crippen LogP contribution >= 0.6 is 12.6 Å². The molecule has 0 atom stereocenters. The lowest BCUT2D eigenvalue weighted by Gasteiger charge is -2.23. The van der Waals surface area contributed by atoms with Crippen LogP contribution in [-0.4, -0.2) is 36.9 Å². The predicted octanol–water partition coefficient (Wildman–Crippen LogP) is 4.82. The molecular weight excluding hydrogens is 370 g/mol. The Bertz CT molecular complexity index is 662. The molecule has 148 valence electrons. The van der Waals surface area contributed by atoms with Crippen molar-refractivity contribution in [1.29, 1.82) is 0 Å². The van der Waals surface area contributed by atoms with E-state index in [1.54, 1.807) is 0 Å². The zero-order valence-corrected chi connectivity index (χ0v) is 17.5. The van der Waals surface area contributed by atoms with Crippen molar-refractivity contribution in [2.75, 3.05) is 13.1 Å². The van der Waals surface area contributed by atoms with Crippen LogP contribution in [-0.2, 0) is 10.0 Å². The van der Waals surface area contributed by atoms with Gasteiger partial charge in [0.1, 0.15) is 0 Å². The lowest BCUT2D eigenvalue weighted by atomic mass is 10.2. The minimum absolute atomic E-state index is 0.0216. The molecular formula is C19H31NO4S2. The van der Waals surface area contributed by atoms with E-state index in [4.69, 9.17) is 0 Å². The number of rotatable bonds is 13. The fraction of sp³-hybridized carbons (Fsp3) is 0.632. The minimum atomic E-state index is -3.77. The Morgan fingerprint density at radius 3 is 2.00 bits per heavy atom. The van der Waals surface area contributed by atoms with Crippen molar-refractivity contribution >= 4 is 28.6 Å². The topological polar surface area (TPSA) is 74.7 Å². The van der Waals surface area contributed by atoms with Gasteiger partial charge in [0.15, 0.2) is 0 Å². The van der Waals surface area contributed by atoms with E-state index in [1.807, 2.05) is 0 Å². The first kappa shape index (κ1) is 23.0. The van der Waals surface area contributed by atoms with Crippen molar-refractivity contribution < 1.29 is 18.3 Å². The summed E-state index contributed by atoms with van der Waals surface area (Å²) in [5.41, 5.74) is -0.0432. The SMILES string of the molecule is CCCCCCN(CCCCCC)S(=O)(=O)c1cc(C(=O)O)ccc1S. The molecule has 26 heavy (non-hydrogen) atoms. The Kier molecular flexibility index (Phi) is 10.3. The van der Waals surface area contributed by atoms with Crippen molar-refractivity contribution in [3.05, 3.63) is 23.8 Å². The highest BCUT2D eigenvalue weighted by Crippen LogP contribution is 2.25. The van der Waals surface area contributed by atoms with Gasteiger partial charge in [0.25, 0.3) is 0 Å². The summed E-state index contributed by atoms with van der Waals surface area (Å²) in [5.74, 6) is -1.15. The van der Waals surface area contributed by atoms with E-state index in [-0.39, 0.29) is 15.4 Å². The number of unbranched alkanes of at least 4 members (excludes halogenated alkanes) is 6. The molecule has 5 nitrogen and oxygen atoms in total. The van der Waals surface area contributed by atoms with Crippen LogP contribution in [0.4, 0.5) is 0 Å². The first-order valence-corrected chi connectivity index (χ1v) is 11.3. The van der Waals surface area contributed by atoms with Gasteiger partial charge < -0.3 is 5.11 Å². The van der Waals surface area contributed by atoms with Gasteiger partial charge in [-0.2, -0.15) is 4.31 Å². The molecule has 0 heterocycles. The van der Waals surface area contributed by atoms with E-state index in [1.165, 1.54) is 22.5 Å². The molecule has 7 heteroatoms. The number of hydrogen-bond donors (Lipinski definition) is 2. The molecule has 1 aromatic carbocycles. The number of benzene rings is 1. The number of carboxylic acid groups (broad SMARTS) is 1. The standard InChI is InChI=1S/C19H31NO4S2/c1-3-5-7-9-13-20(14-10-8-6-4-2)26(23,24)18-15-16(19(21)22)11-12-17(18)25/h11-12,15,25H,3-10,13-14H2,1-2H3,(H,21,22). The third kappa shape index (κ3) is 6.93. The van der Waals surface area contributed by atoms with Gasteiger partial charge in [0.2, 0.25) is 10.0 Å². The molecule has 0 aromatic heterocycles. The van der Waals surface area contributed by atoms with E-state index in [0.29, 0.717) is 13.1 Å². The Balaban J connectivity index is 3.03. The smallest absolute Gasteiger partial charge is 0.335 e. The van der Waals surface area contributed by atoms with Gasteiger partial charge in [-0.1, -0.05) is 52.4 Å². The van der Waals surface area contributed by atoms with Crippen LogP contribution in [0.2, 0.25) is 0 Å². The van der Waals surface area contributed by atoms with E-state index < -0.39 is 16.0 Å². The zero-order chi connectivity index (χ0) is 19.6. The Morgan fingerprint density at radius 1 is 1.00 bits per heavy atom. The fourth-order valence-electron chi connectivity index (χ4n) is 2.77. The summed E-state index contributed by atoms with van der Waals surface area (Å²) in [4.78, 5) is 11.5. The molecule has 0 radical (unpaired) electrons. The predicted molar refractivity (Wildman–Crippen MR) is 108 cm³/mol. The maximum Gasteiger partial charge on any atom is 0.335 e. The van der Waals surface area contributed by atoms with Gasteiger partial charge in [-0.25, -0.2) is 13.2 Å². The second kappa shape index (κ2) is 11.6. The second-order valence-corrected chi connectivity index (χ2v) is 8.90. The van der Waals surface area contributed by atoms with Crippen LogP contribution in [0.5, 0.6) is 0 Å². The Hall–Kier alpha value is -1.05. The maximum absolute atomic E-state index is 13.1. The number of aromatic carboxylic acids is 1. The van der Waals surface area contributed by atoms with Crippen LogP contribution in [0.15, 0.2) is 28.0 Å². The van der Waals surface area contributed by atoms with Crippen LogP contribution in [0, 0.1) is 0 Å². The van der Waals surface area contributed by atoms with Gasteiger partial charge in [0.05, 0.1) is 10.5 Å². The van der Waals surface area contributed by atoms with E-state index >= 15 is 0 Å². The average Bonchev–Trinajstić information content (AvgIpc) is 2.60. The lowest BCUT2D eigenvalue weighted by Crippen LogP contribution is -2.33. The molecule has 0 fully saturated rings. The van der Waals surface area contributed by atoms with Gasteiger partial charge in [-0.05, 0) is 31.0 Å². The molecule has 1 N–H and O–H groups in total. The van der Waals surface area contributed by atoms with Gasteiger partial charge in [-0.3, -0.25) is 0 Å². The molecule has 0 aliphatic carbocycles. The van der Waals surface area contributed by atoms with E-state index in [9.17, 15) is 18.3 Å². The first-order valence-electron chi connectivity index (χ1n) is 9.41. The molecule has 1 aromatic rings. The third-order valence-electron chi connectivity index (χ3n) is 4.35. The van der Waals surface area contributed by atoms with Crippen molar-refractivity contribution in [2.45, 2.75) is 75.0 Å². The van der Waals surface area contributed by atoms with Gasteiger partial charge in [0, 0.05) is 18.0 Å². The van der Waals surface area contributed by atoms with Crippen molar-refractivity contribution in [3.63, 3.8) is 0 Å². The van der Waals surface area contributed by atoms with Gasteiger partial charge in [-0.15, -0.1) is 12.6 Å². The van der Waals surface area contributed by atoms with Crippen LogP contribution in [0.25, 0.3) is 0 Å². The maximum atomic E-state index is 13.1. The highest BCUT2D eigenvalue weighted by Gasteiger charge is 2.26. The second-order valence-electron chi connectivity index (χ2n) is 6.51. The summed E-state index contributed by atoms with van der Waals surface area (Å²) in [6, 6.07) is 4.02. The highest BCUT2D eigenvalue weighted by molar-refractivity contribution is 7.90. The summed E-state index contributed by atoms with van der Waals surface area (Å²) in [6.07, 6.45) is 7.92. The molecule has 0 aliphatic rings. The number of nitrogens with zero attached hydrogens (tertiary/aromatic N) is 1. The molecule has 1 rings (SSSR count). The minimum Gasteiger partial charge on any atom is -0.478 e. The van der Waals surface area contributed by atoms with E-state index in [0.717, 1.165) is 51.4 Å². The quantitative estimate of drug-likeness (QED) is 0.367. The molecule has 0 amide bonds. The number of carbonyl (C=O) groups is 1. The first-order chi connectivity index (χ1) is 12.3. The van der Waals surface area contributed by atoms with E-state index in [2.05, 4.69) is 26.5 Å². The molecule has 0 saturated carbocycles. The third-order valence-corrected chi connectivity index (χ3v) is 6.83. The summed E-state index contributed by atoms with van der Waals surface area (Å²) >= 11 is 4.25. The number of hydrogen-bond acceptors (Lipinski definition) is 4. The number of carboxylic acids is 1. The average molecular weight is 402 g/mol. The van der Waals surface area contributed by atoms with Crippen LogP contribution in [0.1, 0.15) is 75.6 Å². The lowest BCUT2D eigenvalue weighted by molar-refractivity contribution is 0.0696. The molecule has 0 unspecified atom stereocenters. The monoisotopic (exact) mass is 401 g/mol. The van der Waals surface area contributed by atoms with Crippen molar-refractivity contribution in [3.8, 4) is 0 Å². The molecule has 0 saturated heterocycles. The Morgan fingerprint density at radius 2 is 1.54 bits per heavy atom. The van der Waals surface area contributed by atoms with Crippen molar-refractivity contribution in [1.82, 2.24) is 4.31 Å². The summed E-state index contributed by atoms with van der Waals surface area (Å²) < 4.78 is 27.8. The highest BCUT2D eigenvalue weighted by atomic mass is 32.2. The number of thiol groups is 1. The summed E-state index contributed by atoms with van der Waals surface area (Å²) in [5, 5.41) is 9.17. The Labute approximate surface area is 163 Å². The molecule has 0 aliphatic heterocycles. The molecule has 0 spiro atoms. The van der Waals surface area contributed by atoms with Crippen LogP contribution < -0.4 is 0 Å². The fourth-order valence-corrected chi connectivity index (χ4v) is 4.89. The summed E-state index contributed by atoms with van der Waals surface area (Å²) in [7, 11) is -3.77. The summed E-state index contributed by atoms with van der Waals surface area (Å²) in [6.45, 7) is 5.14. The van der Waals surface area contributed by atoms with Crippen LogP contribution in [0.3, 0.4) is 0 Å². The van der Waals surface area contributed by atoms with Gasteiger partial charge >= 0.3 is 5.97 Å². The number of sulfonamides is 1. The largest absolute Gasteiger partial charge is 0.478 e. The molecule has 0 bridgehead atoms.